The van der Waals surface area contributed by atoms with Gasteiger partial charge in [-0.1, -0.05) is 11.6 Å². The van der Waals surface area contributed by atoms with Gasteiger partial charge in [-0.05, 0) is 12.1 Å². The van der Waals surface area contributed by atoms with Gasteiger partial charge in [0.1, 0.15) is 29.1 Å². The maximum atomic E-state index is 9.28. The summed E-state index contributed by atoms with van der Waals surface area (Å²) in [6.45, 7) is 0.171. The van der Waals surface area contributed by atoms with Crippen LogP contribution >= 0.6 is 11.6 Å². The smallest absolute Gasteiger partial charge is 0.147 e. The van der Waals surface area contributed by atoms with Crippen LogP contribution in [0.25, 0.3) is 0 Å². The highest BCUT2D eigenvalue weighted by atomic mass is 35.5. The molecule has 0 fully saturated rings. The van der Waals surface area contributed by atoms with E-state index in [2.05, 4.69) is 4.98 Å². The molecule has 0 atom stereocenters. The Morgan fingerprint density at radius 2 is 2.21 bits per heavy atom. The topological polar surface area (TPSA) is 56.5 Å². The predicted molar refractivity (Wildman–Crippen MR) is 71.5 cm³/mol. The molecule has 1 N–H and O–H groups in total. The van der Waals surface area contributed by atoms with E-state index in [9.17, 15) is 5.11 Å². The molecule has 0 spiro atoms. The van der Waals surface area contributed by atoms with Crippen molar-refractivity contribution in [2.24, 2.45) is 7.05 Å². The summed E-state index contributed by atoms with van der Waals surface area (Å²) in [7, 11) is 3.39. The molecule has 2 aromatic rings. The maximum Gasteiger partial charge on any atom is 0.147 e. The molecule has 5 nitrogen and oxygen atoms in total. The molecule has 6 heteroatoms. The summed E-state index contributed by atoms with van der Waals surface area (Å²) in [6.07, 6.45) is 1.57. The molecule has 0 aliphatic heterocycles. The average Bonchev–Trinajstić information content (AvgIpc) is 2.76. The Morgan fingerprint density at radius 3 is 2.79 bits per heavy atom. The number of aliphatic hydroxyl groups is 1. The zero-order chi connectivity index (χ0) is 13.8. The minimum atomic E-state index is -0.0966. The zero-order valence-corrected chi connectivity index (χ0v) is 11.5. The molecule has 0 unspecified atom stereocenters. The van der Waals surface area contributed by atoms with Crippen molar-refractivity contribution in [3.8, 4) is 11.5 Å². The molecule has 2 rings (SSSR count). The van der Waals surface area contributed by atoms with Crippen LogP contribution in [0.4, 0.5) is 0 Å². The Balaban J connectivity index is 2.16. The second-order valence-corrected chi connectivity index (χ2v) is 4.36. The van der Waals surface area contributed by atoms with Gasteiger partial charge in [0, 0.05) is 18.7 Å². The number of ether oxygens (including phenoxy) is 2. The van der Waals surface area contributed by atoms with E-state index in [4.69, 9.17) is 21.1 Å². The molecule has 19 heavy (non-hydrogen) atoms. The average molecular weight is 283 g/mol. The highest BCUT2D eigenvalue weighted by Gasteiger charge is 2.09. The molecule has 1 aromatic carbocycles. The van der Waals surface area contributed by atoms with Crippen LogP contribution in [0.5, 0.6) is 11.5 Å². The number of hydrogen-bond donors (Lipinski definition) is 1. The minimum Gasteiger partial charge on any atom is -0.497 e. The summed E-state index contributed by atoms with van der Waals surface area (Å²) >= 11 is 5.90. The number of methoxy groups -OCH3 is 1. The van der Waals surface area contributed by atoms with Crippen molar-refractivity contribution in [1.29, 1.82) is 0 Å². The number of rotatable bonds is 5. The fourth-order valence-corrected chi connectivity index (χ4v) is 1.77. The predicted octanol–water partition coefficient (Wildman–Crippen LogP) is 2.15. The molecule has 0 bridgehead atoms. The molecule has 0 aliphatic rings. The van der Waals surface area contributed by atoms with Crippen molar-refractivity contribution in [3.05, 3.63) is 40.9 Å². The first kappa shape index (κ1) is 13.7. The summed E-state index contributed by atoms with van der Waals surface area (Å²) in [5.41, 5.74) is 0.695. The number of aliphatic hydroxyl groups excluding tert-OH is 1. The fraction of sp³-hybridized carbons (Fsp3) is 0.308. The lowest BCUT2D eigenvalue weighted by molar-refractivity contribution is 0.253. The van der Waals surface area contributed by atoms with Crippen LogP contribution in [0, 0.1) is 0 Å². The number of hydrogen-bond acceptors (Lipinski definition) is 4. The van der Waals surface area contributed by atoms with Crippen LogP contribution in [0.1, 0.15) is 11.4 Å². The highest BCUT2D eigenvalue weighted by Crippen LogP contribution is 2.25. The number of halogens is 1. The number of imidazole rings is 1. The van der Waals surface area contributed by atoms with Gasteiger partial charge in [0.25, 0.3) is 0 Å². The first-order valence-corrected chi connectivity index (χ1v) is 6.10. The Hall–Kier alpha value is -1.72. The third-order valence-corrected chi connectivity index (χ3v) is 3.18. The van der Waals surface area contributed by atoms with Gasteiger partial charge >= 0.3 is 0 Å². The quantitative estimate of drug-likeness (QED) is 0.913. The van der Waals surface area contributed by atoms with Crippen molar-refractivity contribution in [1.82, 2.24) is 9.55 Å². The Bertz CT molecular complexity index is 569. The van der Waals surface area contributed by atoms with Gasteiger partial charge in [0.2, 0.25) is 0 Å². The lowest BCUT2D eigenvalue weighted by Gasteiger charge is -2.11. The normalized spacial score (nSPS) is 10.5. The van der Waals surface area contributed by atoms with E-state index >= 15 is 0 Å². The van der Waals surface area contributed by atoms with Gasteiger partial charge in [-0.3, -0.25) is 0 Å². The van der Waals surface area contributed by atoms with Crippen molar-refractivity contribution in [2.45, 2.75) is 13.2 Å². The van der Waals surface area contributed by atoms with E-state index in [1.807, 2.05) is 7.05 Å². The van der Waals surface area contributed by atoms with E-state index in [1.165, 1.54) is 0 Å². The van der Waals surface area contributed by atoms with E-state index in [-0.39, 0.29) is 13.2 Å². The first-order chi connectivity index (χ1) is 9.15. The standard InChI is InChI=1S/C13H15ClN2O3/c1-16-12(14)6-15-13(16)8-19-11-5-10(18-2)4-3-9(11)7-17/h3-6,17H,7-8H2,1-2H3. The monoisotopic (exact) mass is 282 g/mol. The number of aromatic nitrogens is 2. The number of benzene rings is 1. The van der Waals surface area contributed by atoms with Crippen molar-refractivity contribution < 1.29 is 14.6 Å². The summed E-state index contributed by atoms with van der Waals surface area (Å²) < 4.78 is 12.5. The van der Waals surface area contributed by atoms with Crippen LogP contribution in [0.2, 0.25) is 5.15 Å². The largest absolute Gasteiger partial charge is 0.497 e. The van der Waals surface area contributed by atoms with Crippen LogP contribution in [-0.4, -0.2) is 21.8 Å². The van der Waals surface area contributed by atoms with Crippen molar-refractivity contribution in [3.63, 3.8) is 0 Å². The van der Waals surface area contributed by atoms with Crippen LogP contribution in [0.3, 0.4) is 0 Å². The van der Waals surface area contributed by atoms with Gasteiger partial charge < -0.3 is 19.1 Å². The van der Waals surface area contributed by atoms with Crippen LogP contribution < -0.4 is 9.47 Å². The second kappa shape index (κ2) is 5.95. The van der Waals surface area contributed by atoms with Gasteiger partial charge in [0.15, 0.2) is 0 Å². The number of nitrogens with zero attached hydrogens (tertiary/aromatic N) is 2. The van der Waals surface area contributed by atoms with E-state index < -0.39 is 0 Å². The van der Waals surface area contributed by atoms with Crippen molar-refractivity contribution >= 4 is 11.6 Å². The summed E-state index contributed by atoms with van der Waals surface area (Å²) in [5.74, 6) is 1.95. The summed E-state index contributed by atoms with van der Waals surface area (Å²) in [6, 6.07) is 5.27. The lowest BCUT2D eigenvalue weighted by Crippen LogP contribution is -2.05. The van der Waals surface area contributed by atoms with Gasteiger partial charge in [-0.2, -0.15) is 0 Å². The molecule has 1 aromatic heterocycles. The molecular weight excluding hydrogens is 268 g/mol. The van der Waals surface area contributed by atoms with Crippen LogP contribution in [-0.2, 0) is 20.3 Å². The first-order valence-electron chi connectivity index (χ1n) is 5.72. The molecule has 0 saturated carbocycles. The Morgan fingerprint density at radius 1 is 1.42 bits per heavy atom. The molecule has 0 amide bonds. The second-order valence-electron chi connectivity index (χ2n) is 3.98. The maximum absolute atomic E-state index is 9.28. The molecular formula is C13H15ClN2O3. The lowest BCUT2D eigenvalue weighted by atomic mass is 10.2. The summed E-state index contributed by atoms with van der Waals surface area (Å²) in [4.78, 5) is 4.14. The highest BCUT2D eigenvalue weighted by molar-refractivity contribution is 6.29. The molecule has 0 saturated heterocycles. The molecule has 0 aliphatic carbocycles. The third kappa shape index (κ3) is 3.00. The van der Waals surface area contributed by atoms with Crippen LogP contribution in [0.15, 0.2) is 24.4 Å². The van der Waals surface area contributed by atoms with E-state index in [0.717, 1.165) is 0 Å². The molecule has 102 valence electrons. The summed E-state index contributed by atoms with van der Waals surface area (Å²) in [5, 5.41) is 9.82. The van der Waals surface area contributed by atoms with Crippen molar-refractivity contribution in [2.75, 3.05) is 7.11 Å². The van der Waals surface area contributed by atoms with E-state index in [0.29, 0.717) is 28.0 Å². The Kier molecular flexibility index (Phi) is 4.29. The van der Waals surface area contributed by atoms with Gasteiger partial charge in [-0.15, -0.1) is 0 Å². The van der Waals surface area contributed by atoms with E-state index in [1.54, 1.807) is 36.1 Å². The van der Waals surface area contributed by atoms with Gasteiger partial charge in [0.05, 0.1) is 19.9 Å². The molecule has 0 radical (unpaired) electrons. The third-order valence-electron chi connectivity index (χ3n) is 2.83. The van der Waals surface area contributed by atoms with Gasteiger partial charge in [-0.25, -0.2) is 4.98 Å². The molecule has 1 heterocycles. The SMILES string of the molecule is COc1ccc(CO)c(OCc2ncc(Cl)n2C)c1. The fourth-order valence-electron chi connectivity index (χ4n) is 1.63. The Labute approximate surface area is 116 Å². The minimum absolute atomic E-state index is 0.0966. The zero-order valence-electron chi connectivity index (χ0n) is 10.8.